The van der Waals surface area contributed by atoms with Crippen LogP contribution in [0, 0.1) is 0 Å². The molecule has 1 atom stereocenters. The van der Waals surface area contributed by atoms with Crippen LogP contribution < -0.4 is 10.6 Å². The average Bonchev–Trinajstić information content (AvgIpc) is 2.56. The first-order valence-corrected chi connectivity index (χ1v) is 7.92. The standard InChI is InChI=1S/C17H17ClN4O2/c1-11-9-22(14-5-3-2-4-13(14)18)16(23)10-21(11)17(24)12-6-7-20-15(19)8-12/h2-8,11H,9-10H2,1H3,(H2,19,20)/t11-/m0/s1. The molecule has 2 amide bonds. The first kappa shape index (κ1) is 16.3. The van der Waals surface area contributed by atoms with Crippen LogP contribution in [-0.4, -0.2) is 40.8 Å². The molecule has 1 fully saturated rings. The summed E-state index contributed by atoms with van der Waals surface area (Å²) in [4.78, 5) is 32.3. The smallest absolute Gasteiger partial charge is 0.254 e. The van der Waals surface area contributed by atoms with Crippen molar-refractivity contribution < 1.29 is 9.59 Å². The molecule has 0 spiro atoms. The summed E-state index contributed by atoms with van der Waals surface area (Å²) in [6, 6.07) is 10.1. The average molecular weight is 345 g/mol. The van der Waals surface area contributed by atoms with E-state index in [1.807, 2.05) is 19.1 Å². The highest BCUT2D eigenvalue weighted by molar-refractivity contribution is 6.33. The minimum Gasteiger partial charge on any atom is -0.384 e. The lowest BCUT2D eigenvalue weighted by Gasteiger charge is -2.39. The molecule has 0 bridgehead atoms. The molecule has 6 nitrogen and oxygen atoms in total. The molecular formula is C17H17ClN4O2. The number of nitrogen functional groups attached to an aromatic ring is 1. The minimum absolute atomic E-state index is 0.00650. The largest absolute Gasteiger partial charge is 0.384 e. The number of piperazine rings is 1. The molecule has 1 saturated heterocycles. The van der Waals surface area contributed by atoms with Gasteiger partial charge in [0, 0.05) is 24.3 Å². The van der Waals surface area contributed by atoms with E-state index >= 15 is 0 Å². The molecule has 24 heavy (non-hydrogen) atoms. The number of nitrogens with two attached hydrogens (primary N) is 1. The Morgan fingerprint density at radius 1 is 1.33 bits per heavy atom. The first-order chi connectivity index (χ1) is 11.5. The van der Waals surface area contributed by atoms with Crippen molar-refractivity contribution >= 4 is 34.9 Å². The quantitative estimate of drug-likeness (QED) is 0.905. The van der Waals surface area contributed by atoms with Gasteiger partial charge in [-0.2, -0.15) is 0 Å². The van der Waals surface area contributed by atoms with Gasteiger partial charge in [0.1, 0.15) is 12.4 Å². The zero-order chi connectivity index (χ0) is 17.3. The second-order valence-corrected chi connectivity index (χ2v) is 6.11. The number of amides is 2. The second kappa shape index (κ2) is 6.49. The summed E-state index contributed by atoms with van der Waals surface area (Å²) in [7, 11) is 0. The highest BCUT2D eigenvalue weighted by Crippen LogP contribution is 2.28. The monoisotopic (exact) mass is 344 g/mol. The Labute approximate surface area is 144 Å². The maximum atomic E-state index is 12.7. The fourth-order valence-corrected chi connectivity index (χ4v) is 3.01. The van der Waals surface area contributed by atoms with Crippen molar-refractivity contribution in [1.82, 2.24) is 9.88 Å². The SMILES string of the molecule is C[C@H]1CN(c2ccccc2Cl)C(=O)CN1C(=O)c1ccnc(N)c1. The Bertz CT molecular complexity index is 796. The number of aromatic nitrogens is 1. The summed E-state index contributed by atoms with van der Waals surface area (Å²) in [6.07, 6.45) is 1.48. The second-order valence-electron chi connectivity index (χ2n) is 5.71. The van der Waals surface area contributed by atoms with E-state index in [0.717, 1.165) is 0 Å². The van der Waals surface area contributed by atoms with Crippen LogP contribution in [0.4, 0.5) is 11.5 Å². The van der Waals surface area contributed by atoms with Crippen molar-refractivity contribution in [3.63, 3.8) is 0 Å². The van der Waals surface area contributed by atoms with Crippen LogP contribution in [0.2, 0.25) is 5.02 Å². The van der Waals surface area contributed by atoms with Crippen LogP contribution >= 0.6 is 11.6 Å². The lowest BCUT2D eigenvalue weighted by molar-refractivity contribution is -0.121. The Morgan fingerprint density at radius 3 is 2.79 bits per heavy atom. The van der Waals surface area contributed by atoms with Gasteiger partial charge in [-0.3, -0.25) is 9.59 Å². The van der Waals surface area contributed by atoms with Gasteiger partial charge in [0.2, 0.25) is 5.91 Å². The van der Waals surface area contributed by atoms with E-state index < -0.39 is 0 Å². The summed E-state index contributed by atoms with van der Waals surface area (Å²) in [5, 5.41) is 0.514. The number of pyridine rings is 1. The zero-order valence-electron chi connectivity index (χ0n) is 13.1. The fraction of sp³-hybridized carbons (Fsp3) is 0.235. The Hall–Kier alpha value is -2.60. The topological polar surface area (TPSA) is 79.5 Å². The predicted molar refractivity (Wildman–Crippen MR) is 93.0 cm³/mol. The molecule has 1 aliphatic rings. The molecule has 0 unspecified atom stereocenters. The molecular weight excluding hydrogens is 328 g/mol. The number of hydrogen-bond acceptors (Lipinski definition) is 4. The van der Waals surface area contributed by atoms with E-state index in [1.54, 1.807) is 28.0 Å². The molecule has 2 N–H and O–H groups in total. The van der Waals surface area contributed by atoms with Gasteiger partial charge in [0.05, 0.1) is 10.7 Å². The number of rotatable bonds is 2. The summed E-state index contributed by atoms with van der Waals surface area (Å²) in [5.41, 5.74) is 6.72. The highest BCUT2D eigenvalue weighted by atomic mass is 35.5. The number of nitrogens with zero attached hydrogens (tertiary/aromatic N) is 3. The molecule has 0 radical (unpaired) electrons. The van der Waals surface area contributed by atoms with Crippen molar-refractivity contribution in [2.24, 2.45) is 0 Å². The van der Waals surface area contributed by atoms with E-state index in [2.05, 4.69) is 4.98 Å². The van der Waals surface area contributed by atoms with Gasteiger partial charge < -0.3 is 15.5 Å². The van der Waals surface area contributed by atoms with Gasteiger partial charge in [-0.25, -0.2) is 4.98 Å². The van der Waals surface area contributed by atoms with Crippen molar-refractivity contribution in [3.05, 3.63) is 53.2 Å². The first-order valence-electron chi connectivity index (χ1n) is 7.55. The van der Waals surface area contributed by atoms with Crippen molar-refractivity contribution in [3.8, 4) is 0 Å². The van der Waals surface area contributed by atoms with Gasteiger partial charge in [-0.15, -0.1) is 0 Å². The molecule has 2 aromatic rings. The molecule has 2 heterocycles. The van der Waals surface area contributed by atoms with Crippen LogP contribution in [0.5, 0.6) is 0 Å². The number of halogens is 1. The third-order valence-electron chi connectivity index (χ3n) is 4.02. The number of hydrogen-bond donors (Lipinski definition) is 1. The van der Waals surface area contributed by atoms with E-state index in [0.29, 0.717) is 22.8 Å². The number of benzene rings is 1. The Kier molecular flexibility index (Phi) is 4.40. The van der Waals surface area contributed by atoms with Crippen molar-refractivity contribution in [2.45, 2.75) is 13.0 Å². The number of anilines is 2. The van der Waals surface area contributed by atoms with E-state index in [1.165, 1.54) is 12.3 Å². The molecule has 1 aromatic carbocycles. The van der Waals surface area contributed by atoms with E-state index in [9.17, 15) is 9.59 Å². The van der Waals surface area contributed by atoms with Crippen LogP contribution in [0.25, 0.3) is 0 Å². The van der Waals surface area contributed by atoms with Gasteiger partial charge >= 0.3 is 0 Å². The van der Waals surface area contributed by atoms with Crippen LogP contribution in [0.15, 0.2) is 42.6 Å². The summed E-state index contributed by atoms with van der Waals surface area (Å²) < 4.78 is 0. The van der Waals surface area contributed by atoms with E-state index in [-0.39, 0.29) is 30.2 Å². The normalized spacial score (nSPS) is 17.9. The number of carbonyl (C=O) groups is 2. The maximum absolute atomic E-state index is 12.7. The molecule has 0 saturated carbocycles. The fourth-order valence-electron chi connectivity index (χ4n) is 2.77. The zero-order valence-corrected chi connectivity index (χ0v) is 13.9. The van der Waals surface area contributed by atoms with Crippen LogP contribution in [0.1, 0.15) is 17.3 Å². The number of carbonyl (C=O) groups excluding carboxylic acids is 2. The summed E-state index contributed by atoms with van der Waals surface area (Å²) >= 11 is 6.19. The minimum atomic E-state index is -0.233. The summed E-state index contributed by atoms with van der Waals surface area (Å²) in [5.74, 6) is -0.130. The molecule has 1 aromatic heterocycles. The predicted octanol–water partition coefficient (Wildman–Crippen LogP) is 2.19. The van der Waals surface area contributed by atoms with Crippen LogP contribution in [-0.2, 0) is 4.79 Å². The highest BCUT2D eigenvalue weighted by Gasteiger charge is 2.34. The Balaban J connectivity index is 1.82. The third kappa shape index (κ3) is 3.05. The lowest BCUT2D eigenvalue weighted by Crippen LogP contribution is -2.57. The molecule has 124 valence electrons. The van der Waals surface area contributed by atoms with Gasteiger partial charge in [-0.1, -0.05) is 23.7 Å². The number of para-hydroxylation sites is 1. The van der Waals surface area contributed by atoms with Gasteiger partial charge in [0.15, 0.2) is 0 Å². The van der Waals surface area contributed by atoms with Gasteiger partial charge in [-0.05, 0) is 31.2 Å². The lowest BCUT2D eigenvalue weighted by atomic mass is 10.1. The Morgan fingerprint density at radius 2 is 2.08 bits per heavy atom. The third-order valence-corrected chi connectivity index (χ3v) is 4.34. The van der Waals surface area contributed by atoms with Gasteiger partial charge in [0.25, 0.3) is 5.91 Å². The van der Waals surface area contributed by atoms with E-state index in [4.69, 9.17) is 17.3 Å². The molecule has 3 rings (SSSR count). The molecule has 7 heteroatoms. The maximum Gasteiger partial charge on any atom is 0.254 e. The van der Waals surface area contributed by atoms with Crippen molar-refractivity contribution in [1.29, 1.82) is 0 Å². The van der Waals surface area contributed by atoms with Crippen molar-refractivity contribution in [2.75, 3.05) is 23.7 Å². The molecule has 1 aliphatic heterocycles. The van der Waals surface area contributed by atoms with Crippen LogP contribution in [0.3, 0.4) is 0 Å². The molecule has 0 aliphatic carbocycles. The summed E-state index contributed by atoms with van der Waals surface area (Å²) in [6.45, 7) is 2.28.